The summed E-state index contributed by atoms with van der Waals surface area (Å²) in [7, 11) is 1.29. The first kappa shape index (κ1) is 9.40. The van der Waals surface area contributed by atoms with Crippen molar-refractivity contribution >= 4 is 8.58 Å². The molecule has 3 rings (SSSR count). The van der Waals surface area contributed by atoms with E-state index in [0.29, 0.717) is 0 Å². The molecule has 0 N–H and O–H groups in total. The van der Waals surface area contributed by atoms with Crippen molar-refractivity contribution in [2.24, 2.45) is 0 Å². The predicted molar refractivity (Wildman–Crippen MR) is 64.5 cm³/mol. The van der Waals surface area contributed by atoms with E-state index in [4.69, 9.17) is 0 Å². The minimum absolute atomic E-state index is 0.748. The van der Waals surface area contributed by atoms with Gasteiger partial charge in [-0.3, -0.25) is 0 Å². The Labute approximate surface area is 89.3 Å². The van der Waals surface area contributed by atoms with Crippen LogP contribution in [0.5, 0.6) is 0 Å². The third-order valence-corrected chi connectivity index (χ3v) is 6.81. The molecule has 14 heavy (non-hydrogen) atoms. The van der Waals surface area contributed by atoms with E-state index in [-0.39, 0.29) is 0 Å². The van der Waals surface area contributed by atoms with Gasteiger partial charge >= 0.3 is 0 Å². The van der Waals surface area contributed by atoms with Gasteiger partial charge in [0.1, 0.15) is 0 Å². The van der Waals surface area contributed by atoms with E-state index in [2.05, 4.69) is 6.08 Å². The fourth-order valence-electron chi connectivity index (χ4n) is 3.77. The maximum atomic E-state index is 2.60. The van der Waals surface area contributed by atoms with Crippen molar-refractivity contribution < 1.29 is 0 Å². The first-order valence-electron chi connectivity index (χ1n) is 6.36. The average Bonchev–Trinajstić information content (AvgIpc) is 2.71. The van der Waals surface area contributed by atoms with Crippen molar-refractivity contribution in [2.75, 3.05) is 0 Å². The van der Waals surface area contributed by atoms with E-state index in [0.717, 1.165) is 10.8 Å². The van der Waals surface area contributed by atoms with Crippen LogP contribution in [0.2, 0.25) is 0 Å². The summed E-state index contributed by atoms with van der Waals surface area (Å²) in [5, 5.41) is 0.748. The second kappa shape index (κ2) is 3.63. The fourth-order valence-corrected chi connectivity index (χ4v) is 6.30. The molecule has 0 spiro atoms. The minimum Gasteiger partial charge on any atom is -0.108 e. The predicted octanol–water partition coefficient (Wildman–Crippen LogP) is 4.25. The van der Waals surface area contributed by atoms with Crippen molar-refractivity contribution in [3.05, 3.63) is 11.6 Å². The summed E-state index contributed by atoms with van der Waals surface area (Å²) >= 11 is 0. The van der Waals surface area contributed by atoms with E-state index in [1.54, 1.807) is 12.8 Å². The average molecular weight is 208 g/mol. The van der Waals surface area contributed by atoms with Gasteiger partial charge in [0.25, 0.3) is 0 Å². The summed E-state index contributed by atoms with van der Waals surface area (Å²) in [6, 6.07) is 0. The lowest BCUT2D eigenvalue weighted by molar-refractivity contribution is 0.411. The molecule has 0 radical (unpaired) electrons. The van der Waals surface area contributed by atoms with Crippen molar-refractivity contribution in [2.45, 2.75) is 68.6 Å². The number of fused-ring (bicyclic) bond motifs is 2. The van der Waals surface area contributed by atoms with Crippen molar-refractivity contribution in [3.8, 4) is 0 Å². The van der Waals surface area contributed by atoms with Crippen molar-refractivity contribution in [1.29, 1.82) is 0 Å². The monoisotopic (exact) mass is 208 g/mol. The zero-order chi connectivity index (χ0) is 9.43. The Kier molecular flexibility index (Phi) is 2.44. The third-order valence-electron chi connectivity index (χ3n) is 4.45. The lowest BCUT2D eigenvalue weighted by Gasteiger charge is -2.46. The largest absolute Gasteiger partial charge is 0.108 e. The standard InChI is InChI=1S/C13H21P/c1-2-6-11(5-1)13-9-3-7-12(14-13)8-4-10-13/h5,12,14H,1-4,6-10H2. The molecule has 0 nitrogen and oxygen atoms in total. The van der Waals surface area contributed by atoms with E-state index < -0.39 is 0 Å². The van der Waals surface area contributed by atoms with Crippen LogP contribution in [-0.2, 0) is 0 Å². The highest BCUT2D eigenvalue weighted by Gasteiger charge is 2.41. The molecule has 1 atom stereocenters. The van der Waals surface area contributed by atoms with Gasteiger partial charge in [0, 0.05) is 5.16 Å². The quantitative estimate of drug-likeness (QED) is 0.446. The van der Waals surface area contributed by atoms with E-state index in [1.165, 1.54) is 53.5 Å². The molecule has 1 heteroatoms. The van der Waals surface area contributed by atoms with Gasteiger partial charge in [-0.2, -0.15) is 0 Å². The molecule has 78 valence electrons. The molecular weight excluding hydrogens is 187 g/mol. The Hall–Kier alpha value is 0.170. The normalized spacial score (nSPS) is 44.0. The summed E-state index contributed by atoms with van der Waals surface area (Å²) < 4.78 is 0. The van der Waals surface area contributed by atoms with Crippen LogP contribution in [0, 0.1) is 0 Å². The van der Waals surface area contributed by atoms with Crippen LogP contribution in [0.4, 0.5) is 0 Å². The van der Waals surface area contributed by atoms with E-state index in [1.807, 2.05) is 5.57 Å². The van der Waals surface area contributed by atoms with Crippen LogP contribution >= 0.6 is 8.58 Å². The smallest absolute Gasteiger partial charge is 0.00877 e. The molecular formula is C13H21P. The molecule has 1 aliphatic carbocycles. The van der Waals surface area contributed by atoms with Gasteiger partial charge in [0.15, 0.2) is 0 Å². The Bertz CT molecular complexity index is 244. The second-order valence-electron chi connectivity index (χ2n) is 5.33. The molecule has 0 aromatic carbocycles. The van der Waals surface area contributed by atoms with Crippen LogP contribution in [-0.4, -0.2) is 10.8 Å². The molecule has 0 amide bonds. The van der Waals surface area contributed by atoms with Gasteiger partial charge in [-0.15, -0.1) is 8.58 Å². The summed E-state index contributed by atoms with van der Waals surface area (Å²) in [6.07, 6.45) is 16.1. The maximum Gasteiger partial charge on any atom is 0.00877 e. The maximum absolute atomic E-state index is 2.60. The Morgan fingerprint density at radius 2 is 1.93 bits per heavy atom. The third kappa shape index (κ3) is 1.47. The van der Waals surface area contributed by atoms with E-state index in [9.17, 15) is 0 Å². The van der Waals surface area contributed by atoms with Gasteiger partial charge < -0.3 is 0 Å². The van der Waals surface area contributed by atoms with Gasteiger partial charge in [-0.05, 0) is 50.6 Å². The molecule has 3 aliphatic rings. The van der Waals surface area contributed by atoms with Crippen molar-refractivity contribution in [3.63, 3.8) is 0 Å². The highest BCUT2D eigenvalue weighted by atomic mass is 31.1. The summed E-state index contributed by atoms with van der Waals surface area (Å²) in [6.45, 7) is 0. The number of rotatable bonds is 1. The molecule has 2 fully saturated rings. The molecule has 0 aromatic rings. The molecule has 2 aliphatic heterocycles. The highest BCUT2D eigenvalue weighted by molar-refractivity contribution is 7.41. The van der Waals surface area contributed by atoms with Crippen LogP contribution in [0.1, 0.15) is 57.8 Å². The summed E-state index contributed by atoms with van der Waals surface area (Å²) in [5.74, 6) is 0. The second-order valence-corrected chi connectivity index (χ2v) is 7.39. The van der Waals surface area contributed by atoms with Gasteiger partial charge in [0.05, 0.1) is 0 Å². The lowest BCUT2D eigenvalue weighted by atomic mass is 9.83. The van der Waals surface area contributed by atoms with Crippen LogP contribution in [0.25, 0.3) is 0 Å². The number of allylic oxidation sites excluding steroid dienone is 2. The molecule has 1 unspecified atom stereocenters. The molecule has 0 saturated carbocycles. The van der Waals surface area contributed by atoms with Gasteiger partial charge in [-0.25, -0.2) is 0 Å². The van der Waals surface area contributed by atoms with Crippen LogP contribution in [0.15, 0.2) is 11.6 Å². The van der Waals surface area contributed by atoms with E-state index >= 15 is 0 Å². The topological polar surface area (TPSA) is 0 Å². The van der Waals surface area contributed by atoms with Crippen LogP contribution < -0.4 is 0 Å². The zero-order valence-electron chi connectivity index (χ0n) is 9.02. The molecule has 2 saturated heterocycles. The molecule has 2 heterocycles. The first-order chi connectivity index (χ1) is 6.89. The van der Waals surface area contributed by atoms with Crippen molar-refractivity contribution in [1.82, 2.24) is 0 Å². The SMILES string of the molecule is C1=C(C23CCCC(CCC2)P3)CCC1. The van der Waals surface area contributed by atoms with Gasteiger partial charge in [0.2, 0.25) is 0 Å². The molecule has 0 aromatic heterocycles. The minimum atomic E-state index is 0.748. The van der Waals surface area contributed by atoms with Gasteiger partial charge in [-0.1, -0.05) is 24.5 Å². The summed E-state index contributed by atoms with van der Waals surface area (Å²) in [5.41, 5.74) is 3.01. The number of hydrogen-bond donors (Lipinski definition) is 0. The number of hydrogen-bond acceptors (Lipinski definition) is 0. The zero-order valence-corrected chi connectivity index (χ0v) is 10.0. The molecule has 2 bridgehead atoms. The Morgan fingerprint density at radius 1 is 1.14 bits per heavy atom. The highest BCUT2D eigenvalue weighted by Crippen LogP contribution is 2.59. The Morgan fingerprint density at radius 3 is 2.57 bits per heavy atom. The fraction of sp³-hybridized carbons (Fsp3) is 0.846. The summed E-state index contributed by atoms with van der Waals surface area (Å²) in [4.78, 5) is 0. The lowest BCUT2D eigenvalue weighted by Crippen LogP contribution is -2.35. The Balaban J connectivity index is 1.85. The first-order valence-corrected chi connectivity index (χ1v) is 7.44. The van der Waals surface area contributed by atoms with Crippen LogP contribution in [0.3, 0.4) is 0 Å².